The molecule has 0 radical (unpaired) electrons. The molecule has 0 bridgehead atoms. The Morgan fingerprint density at radius 1 is 0.971 bits per heavy atom. The molecule has 0 aliphatic rings. The fourth-order valence-electron chi connectivity index (χ4n) is 3.17. The Labute approximate surface area is 204 Å². The Hall–Kier alpha value is -3.18. The summed E-state index contributed by atoms with van der Waals surface area (Å²) >= 11 is 0. The van der Waals surface area contributed by atoms with E-state index in [0.29, 0.717) is 11.3 Å². The van der Waals surface area contributed by atoms with E-state index in [9.17, 15) is 18.1 Å². The van der Waals surface area contributed by atoms with Crippen LogP contribution in [0.4, 0.5) is 11.5 Å². The van der Waals surface area contributed by atoms with Crippen LogP contribution >= 0.6 is 7.60 Å². The molecule has 2 aromatic carbocycles. The third-order valence-corrected chi connectivity index (χ3v) is 8.35. The first kappa shape index (κ1) is 26.4. The first-order valence-corrected chi connectivity index (χ1v) is 13.7. The molecule has 3 aromatic rings. The number of anilines is 2. The van der Waals surface area contributed by atoms with Gasteiger partial charge in [0, 0.05) is 18.1 Å². The Morgan fingerprint density at radius 2 is 1.57 bits per heavy atom. The Kier molecular flexibility index (Phi) is 8.68. The van der Waals surface area contributed by atoms with Crippen molar-refractivity contribution < 1.29 is 31.9 Å². The number of nitrogens with zero attached hydrogens (tertiary/aromatic N) is 2. The first-order chi connectivity index (χ1) is 16.7. The summed E-state index contributed by atoms with van der Waals surface area (Å²) in [5, 5.41) is 12.8. The minimum Gasteiger partial charge on any atom is -0.508 e. The molecule has 11 nitrogen and oxygen atoms in total. The number of aromatic nitrogens is 2. The summed E-state index contributed by atoms with van der Waals surface area (Å²) in [7, 11) is -6.31. The van der Waals surface area contributed by atoms with Crippen molar-refractivity contribution in [2.24, 2.45) is 0 Å². The smallest absolute Gasteiger partial charge is 0.357 e. The summed E-state index contributed by atoms with van der Waals surface area (Å²) in [6.07, 6.45) is 2.72. The second kappa shape index (κ2) is 11.5. The molecule has 188 valence electrons. The zero-order chi connectivity index (χ0) is 25.5. The standard InChI is InChI=1S/C22H27N4O7PS/c1-4-32-34(28,33-5-2)22(16-6-10-18(27)11-7-16)25-17-8-12-19(13-9-17)35(29,30)26-20-21(31-3)24-15-14-23-20/h6-15,22,25,27H,4-5H2,1-3H3,(H,23,26). The van der Waals surface area contributed by atoms with E-state index >= 15 is 0 Å². The minimum absolute atomic E-state index is 0.0326. The van der Waals surface area contributed by atoms with Gasteiger partial charge in [0.15, 0.2) is 5.78 Å². The van der Waals surface area contributed by atoms with Gasteiger partial charge in [0.2, 0.25) is 5.82 Å². The highest BCUT2D eigenvalue weighted by Gasteiger charge is 2.37. The van der Waals surface area contributed by atoms with E-state index in [1.54, 1.807) is 26.0 Å². The van der Waals surface area contributed by atoms with Gasteiger partial charge >= 0.3 is 7.60 Å². The lowest BCUT2D eigenvalue weighted by Crippen LogP contribution is -2.16. The fourth-order valence-corrected chi connectivity index (χ4v) is 6.11. The van der Waals surface area contributed by atoms with Crippen LogP contribution < -0.4 is 14.8 Å². The average molecular weight is 523 g/mol. The minimum atomic E-state index is -3.99. The highest BCUT2D eigenvalue weighted by atomic mass is 32.2. The quantitative estimate of drug-likeness (QED) is 0.293. The van der Waals surface area contributed by atoms with E-state index in [1.165, 1.54) is 55.9 Å². The summed E-state index contributed by atoms with van der Waals surface area (Å²) in [6.45, 7) is 3.72. The van der Waals surface area contributed by atoms with E-state index in [0.717, 1.165) is 0 Å². The van der Waals surface area contributed by atoms with Crippen molar-refractivity contribution in [3.8, 4) is 11.6 Å². The lowest BCUT2D eigenvalue weighted by molar-refractivity contribution is 0.214. The maximum Gasteiger partial charge on any atom is 0.357 e. The molecule has 1 unspecified atom stereocenters. The molecular weight excluding hydrogens is 495 g/mol. The second-order valence-electron chi connectivity index (χ2n) is 7.06. The van der Waals surface area contributed by atoms with Crippen molar-refractivity contribution in [2.45, 2.75) is 24.5 Å². The van der Waals surface area contributed by atoms with Gasteiger partial charge in [0.1, 0.15) is 5.75 Å². The molecule has 3 N–H and O–H groups in total. The zero-order valence-electron chi connectivity index (χ0n) is 19.4. The van der Waals surface area contributed by atoms with Crippen molar-refractivity contribution >= 4 is 29.1 Å². The van der Waals surface area contributed by atoms with E-state index in [2.05, 4.69) is 20.0 Å². The molecule has 0 aliphatic heterocycles. The molecule has 1 heterocycles. The average Bonchev–Trinajstić information content (AvgIpc) is 2.84. The Morgan fingerprint density at radius 3 is 2.14 bits per heavy atom. The SMILES string of the molecule is CCOP(=O)(OCC)C(Nc1ccc(S(=O)(=O)Nc2nccnc2OC)cc1)c1ccc(O)cc1. The van der Waals surface area contributed by atoms with Crippen molar-refractivity contribution in [2.75, 3.05) is 30.4 Å². The molecule has 0 fully saturated rings. The fraction of sp³-hybridized carbons (Fsp3) is 0.273. The van der Waals surface area contributed by atoms with Crippen LogP contribution in [0.15, 0.2) is 65.8 Å². The molecule has 1 aromatic heterocycles. The number of sulfonamides is 1. The van der Waals surface area contributed by atoms with E-state index in [-0.39, 0.29) is 35.6 Å². The third kappa shape index (κ3) is 6.49. The number of rotatable bonds is 12. The van der Waals surface area contributed by atoms with Gasteiger partial charge in [-0.2, -0.15) is 0 Å². The summed E-state index contributed by atoms with van der Waals surface area (Å²) in [4.78, 5) is 7.84. The number of methoxy groups -OCH3 is 1. The zero-order valence-corrected chi connectivity index (χ0v) is 21.1. The molecule has 0 aliphatic carbocycles. The number of nitrogens with one attached hydrogen (secondary N) is 2. The summed E-state index contributed by atoms with van der Waals surface area (Å²) in [6, 6.07) is 12.0. The van der Waals surface area contributed by atoms with Crippen LogP contribution in [-0.2, 0) is 23.6 Å². The highest BCUT2D eigenvalue weighted by molar-refractivity contribution is 7.92. The molecule has 0 amide bonds. The molecule has 13 heteroatoms. The van der Waals surface area contributed by atoms with Gasteiger partial charge in [-0.05, 0) is 55.8 Å². The molecule has 0 saturated heterocycles. The second-order valence-corrected chi connectivity index (χ2v) is 10.9. The lowest BCUT2D eigenvalue weighted by Gasteiger charge is -2.28. The summed E-state index contributed by atoms with van der Waals surface area (Å²) in [5.74, 6) is -0.864. The number of hydrogen-bond donors (Lipinski definition) is 3. The van der Waals surface area contributed by atoms with E-state index in [1.807, 2.05) is 0 Å². The Balaban J connectivity index is 1.89. The molecule has 0 saturated carbocycles. The number of phenols is 1. The van der Waals surface area contributed by atoms with Crippen LogP contribution in [-0.4, -0.2) is 43.8 Å². The monoisotopic (exact) mass is 522 g/mol. The van der Waals surface area contributed by atoms with Gasteiger partial charge < -0.3 is 24.2 Å². The molecule has 3 rings (SSSR count). The van der Waals surface area contributed by atoms with Gasteiger partial charge in [-0.1, -0.05) is 12.1 Å². The van der Waals surface area contributed by atoms with Crippen LogP contribution in [0.2, 0.25) is 0 Å². The van der Waals surface area contributed by atoms with Crippen LogP contribution in [0, 0.1) is 0 Å². The number of ether oxygens (including phenoxy) is 1. The summed E-state index contributed by atoms with van der Waals surface area (Å²) in [5.41, 5.74) is 1.03. The van der Waals surface area contributed by atoms with Crippen LogP contribution in [0.1, 0.15) is 25.2 Å². The van der Waals surface area contributed by atoms with Crippen molar-refractivity contribution in [1.82, 2.24) is 9.97 Å². The van der Waals surface area contributed by atoms with Gasteiger partial charge in [-0.3, -0.25) is 9.29 Å². The van der Waals surface area contributed by atoms with Crippen molar-refractivity contribution in [3.63, 3.8) is 0 Å². The van der Waals surface area contributed by atoms with Crippen molar-refractivity contribution in [3.05, 3.63) is 66.5 Å². The van der Waals surface area contributed by atoms with Gasteiger partial charge in [0.05, 0.1) is 25.2 Å². The third-order valence-electron chi connectivity index (χ3n) is 4.70. The van der Waals surface area contributed by atoms with Crippen LogP contribution in [0.5, 0.6) is 11.6 Å². The largest absolute Gasteiger partial charge is 0.508 e. The van der Waals surface area contributed by atoms with Gasteiger partial charge in [-0.15, -0.1) is 0 Å². The van der Waals surface area contributed by atoms with E-state index < -0.39 is 23.4 Å². The normalized spacial score (nSPS) is 12.7. The van der Waals surface area contributed by atoms with Crippen LogP contribution in [0.3, 0.4) is 0 Å². The predicted molar refractivity (Wildman–Crippen MR) is 131 cm³/mol. The topological polar surface area (TPSA) is 149 Å². The molecule has 0 spiro atoms. The van der Waals surface area contributed by atoms with Gasteiger partial charge in [0.25, 0.3) is 15.9 Å². The number of phenolic OH excluding ortho intramolecular Hbond substituents is 1. The molecular formula is C22H27N4O7PS. The Bertz CT molecular complexity index is 1260. The van der Waals surface area contributed by atoms with Crippen molar-refractivity contribution in [1.29, 1.82) is 0 Å². The maximum absolute atomic E-state index is 13.6. The predicted octanol–water partition coefficient (Wildman–Crippen LogP) is 4.37. The molecule has 1 atom stereocenters. The van der Waals surface area contributed by atoms with E-state index in [4.69, 9.17) is 13.8 Å². The highest BCUT2D eigenvalue weighted by Crippen LogP contribution is 2.60. The van der Waals surface area contributed by atoms with Crippen LogP contribution in [0.25, 0.3) is 0 Å². The number of benzene rings is 2. The maximum atomic E-state index is 13.6. The van der Waals surface area contributed by atoms with Gasteiger partial charge in [-0.25, -0.2) is 18.4 Å². The first-order valence-electron chi connectivity index (χ1n) is 10.6. The number of aromatic hydroxyl groups is 1. The molecule has 35 heavy (non-hydrogen) atoms. The lowest BCUT2D eigenvalue weighted by atomic mass is 10.2. The summed E-state index contributed by atoms with van der Waals surface area (Å²) < 4.78 is 57.7. The number of hydrogen-bond acceptors (Lipinski definition) is 10.